The van der Waals surface area contributed by atoms with E-state index in [1.54, 1.807) is 25.1 Å². The molecule has 0 heterocycles. The first kappa shape index (κ1) is 12.2. The van der Waals surface area contributed by atoms with Gasteiger partial charge >= 0.3 is 0 Å². The van der Waals surface area contributed by atoms with Crippen molar-refractivity contribution in [3.8, 4) is 6.07 Å². The summed E-state index contributed by atoms with van der Waals surface area (Å²) < 4.78 is 0.710. The monoisotopic (exact) mass is 285 g/mol. The molecule has 0 saturated heterocycles. The molecule has 0 aliphatic carbocycles. The number of rotatable bonds is 3. The SMILES string of the molecule is CC(C#N)CC(=O)c1cc(Cl)ccc1Br. The van der Waals surface area contributed by atoms with Gasteiger partial charge in [-0.25, -0.2) is 0 Å². The number of Topliss-reactive ketones (excluding diaryl/α,β-unsaturated/α-hetero) is 1. The number of nitrogens with zero attached hydrogens (tertiary/aromatic N) is 1. The molecule has 0 radical (unpaired) electrons. The summed E-state index contributed by atoms with van der Waals surface area (Å²) in [7, 11) is 0. The predicted molar refractivity (Wildman–Crippen MR) is 62.9 cm³/mol. The molecule has 1 aromatic rings. The molecule has 2 nitrogen and oxygen atoms in total. The molecule has 1 atom stereocenters. The lowest BCUT2D eigenvalue weighted by atomic mass is 10.0. The number of halogens is 2. The predicted octanol–water partition coefficient (Wildman–Crippen LogP) is 3.83. The van der Waals surface area contributed by atoms with Crippen molar-refractivity contribution in [1.82, 2.24) is 0 Å². The molecule has 0 aliphatic rings. The zero-order valence-electron chi connectivity index (χ0n) is 8.13. The maximum absolute atomic E-state index is 11.7. The van der Waals surface area contributed by atoms with Gasteiger partial charge in [0.25, 0.3) is 0 Å². The number of ketones is 1. The highest BCUT2D eigenvalue weighted by molar-refractivity contribution is 9.10. The molecule has 0 aromatic heterocycles. The lowest BCUT2D eigenvalue weighted by Gasteiger charge is -2.05. The Bertz CT molecular complexity index is 425. The van der Waals surface area contributed by atoms with Crippen LogP contribution in [-0.2, 0) is 0 Å². The van der Waals surface area contributed by atoms with Crippen molar-refractivity contribution in [3.63, 3.8) is 0 Å². The van der Waals surface area contributed by atoms with E-state index < -0.39 is 0 Å². The minimum absolute atomic E-state index is 0.0709. The maximum atomic E-state index is 11.7. The molecular weight excluding hydrogens is 277 g/mol. The van der Waals surface area contributed by atoms with E-state index >= 15 is 0 Å². The Balaban J connectivity index is 2.92. The first-order valence-corrected chi connectivity index (χ1v) is 5.59. The number of carbonyl (C=O) groups excluding carboxylic acids is 1. The van der Waals surface area contributed by atoms with Gasteiger partial charge in [0.1, 0.15) is 0 Å². The van der Waals surface area contributed by atoms with Gasteiger partial charge in [-0.05, 0) is 25.1 Å². The van der Waals surface area contributed by atoms with E-state index in [4.69, 9.17) is 16.9 Å². The average molecular weight is 287 g/mol. The third-order valence-corrected chi connectivity index (χ3v) is 2.87. The van der Waals surface area contributed by atoms with Gasteiger partial charge in [-0.1, -0.05) is 27.5 Å². The number of hydrogen-bond donors (Lipinski definition) is 0. The first-order chi connectivity index (χ1) is 7.04. The number of carbonyl (C=O) groups is 1. The third-order valence-electron chi connectivity index (χ3n) is 1.94. The van der Waals surface area contributed by atoms with Crippen molar-refractivity contribution < 1.29 is 4.79 Å². The van der Waals surface area contributed by atoms with Crippen LogP contribution in [0.2, 0.25) is 5.02 Å². The fourth-order valence-electron chi connectivity index (χ4n) is 1.14. The molecule has 15 heavy (non-hydrogen) atoms. The highest BCUT2D eigenvalue weighted by Gasteiger charge is 2.13. The Morgan fingerprint density at radius 1 is 1.67 bits per heavy atom. The van der Waals surface area contributed by atoms with E-state index in [0.717, 1.165) is 0 Å². The van der Waals surface area contributed by atoms with Crippen LogP contribution < -0.4 is 0 Å². The summed E-state index contributed by atoms with van der Waals surface area (Å²) in [5.74, 6) is -0.346. The second-order valence-electron chi connectivity index (χ2n) is 3.28. The van der Waals surface area contributed by atoms with Crippen LogP contribution in [0, 0.1) is 17.2 Å². The van der Waals surface area contributed by atoms with Gasteiger partial charge < -0.3 is 0 Å². The molecule has 0 saturated carbocycles. The van der Waals surface area contributed by atoms with E-state index in [9.17, 15) is 4.79 Å². The molecular formula is C11H9BrClNO. The van der Waals surface area contributed by atoms with Gasteiger partial charge in [-0.15, -0.1) is 0 Å². The summed E-state index contributed by atoms with van der Waals surface area (Å²) >= 11 is 9.07. The lowest BCUT2D eigenvalue weighted by molar-refractivity contribution is 0.0972. The second kappa shape index (κ2) is 5.29. The summed E-state index contributed by atoms with van der Waals surface area (Å²) in [5, 5.41) is 9.13. The standard InChI is InChI=1S/C11H9BrClNO/c1-7(6-14)4-11(15)9-5-8(13)2-3-10(9)12/h2-3,5,7H,4H2,1H3. The number of nitriles is 1. The fourth-order valence-corrected chi connectivity index (χ4v) is 1.78. The van der Waals surface area contributed by atoms with E-state index in [0.29, 0.717) is 15.1 Å². The summed E-state index contributed by atoms with van der Waals surface area (Å²) in [4.78, 5) is 11.7. The molecule has 78 valence electrons. The van der Waals surface area contributed by atoms with Gasteiger partial charge in [0, 0.05) is 21.5 Å². The van der Waals surface area contributed by atoms with Crippen molar-refractivity contribution >= 4 is 33.3 Å². The van der Waals surface area contributed by atoms with E-state index in [2.05, 4.69) is 15.9 Å². The Kier molecular flexibility index (Phi) is 4.31. The van der Waals surface area contributed by atoms with Gasteiger partial charge in [0.05, 0.1) is 12.0 Å². The Morgan fingerprint density at radius 3 is 2.93 bits per heavy atom. The fraction of sp³-hybridized carbons (Fsp3) is 0.273. The molecule has 1 unspecified atom stereocenters. The summed E-state index contributed by atoms with van der Waals surface area (Å²) in [6, 6.07) is 7.07. The summed E-state index contributed by atoms with van der Waals surface area (Å²) in [6.07, 6.45) is 0.218. The highest BCUT2D eigenvalue weighted by Crippen LogP contribution is 2.23. The minimum atomic E-state index is -0.275. The van der Waals surface area contributed by atoms with Crippen LogP contribution in [0.3, 0.4) is 0 Å². The average Bonchev–Trinajstić information content (AvgIpc) is 2.21. The van der Waals surface area contributed by atoms with E-state index in [-0.39, 0.29) is 18.1 Å². The van der Waals surface area contributed by atoms with Gasteiger partial charge in [0.15, 0.2) is 5.78 Å². The second-order valence-corrected chi connectivity index (χ2v) is 4.57. The summed E-state index contributed by atoms with van der Waals surface area (Å²) in [5.41, 5.74) is 0.532. The lowest BCUT2D eigenvalue weighted by Crippen LogP contribution is -2.05. The van der Waals surface area contributed by atoms with Crippen LogP contribution in [-0.4, -0.2) is 5.78 Å². The minimum Gasteiger partial charge on any atom is -0.294 e. The Hall–Kier alpha value is -0.850. The van der Waals surface area contributed by atoms with Crippen LogP contribution in [0.15, 0.2) is 22.7 Å². The number of benzene rings is 1. The van der Waals surface area contributed by atoms with Crippen LogP contribution in [0.25, 0.3) is 0 Å². The summed E-state index contributed by atoms with van der Waals surface area (Å²) in [6.45, 7) is 1.72. The molecule has 0 spiro atoms. The zero-order chi connectivity index (χ0) is 11.4. The molecule has 1 aromatic carbocycles. The Labute approximate surface area is 102 Å². The van der Waals surface area contributed by atoms with E-state index in [1.807, 2.05) is 6.07 Å². The van der Waals surface area contributed by atoms with Crippen LogP contribution in [0.5, 0.6) is 0 Å². The van der Waals surface area contributed by atoms with Gasteiger partial charge in [-0.2, -0.15) is 5.26 Å². The largest absolute Gasteiger partial charge is 0.294 e. The highest BCUT2D eigenvalue weighted by atomic mass is 79.9. The molecule has 4 heteroatoms. The van der Waals surface area contributed by atoms with Crippen molar-refractivity contribution in [3.05, 3.63) is 33.3 Å². The van der Waals surface area contributed by atoms with Gasteiger partial charge in [0.2, 0.25) is 0 Å². The van der Waals surface area contributed by atoms with E-state index in [1.165, 1.54) is 0 Å². The maximum Gasteiger partial charge on any atom is 0.165 e. The normalized spacial score (nSPS) is 11.9. The van der Waals surface area contributed by atoms with Crippen LogP contribution in [0.1, 0.15) is 23.7 Å². The van der Waals surface area contributed by atoms with Crippen molar-refractivity contribution in [1.29, 1.82) is 5.26 Å². The molecule has 0 fully saturated rings. The Morgan fingerprint density at radius 2 is 2.33 bits per heavy atom. The van der Waals surface area contributed by atoms with Crippen molar-refractivity contribution in [2.75, 3.05) is 0 Å². The van der Waals surface area contributed by atoms with Crippen LogP contribution >= 0.6 is 27.5 Å². The molecule has 0 aliphatic heterocycles. The molecule has 0 amide bonds. The van der Waals surface area contributed by atoms with Crippen LogP contribution in [0.4, 0.5) is 0 Å². The molecule has 0 N–H and O–H groups in total. The molecule has 0 bridgehead atoms. The molecule has 1 rings (SSSR count). The topological polar surface area (TPSA) is 40.9 Å². The smallest absolute Gasteiger partial charge is 0.165 e. The van der Waals surface area contributed by atoms with Crippen molar-refractivity contribution in [2.45, 2.75) is 13.3 Å². The first-order valence-electron chi connectivity index (χ1n) is 4.42. The third kappa shape index (κ3) is 3.33. The van der Waals surface area contributed by atoms with Crippen molar-refractivity contribution in [2.24, 2.45) is 5.92 Å². The quantitative estimate of drug-likeness (QED) is 0.792. The number of hydrogen-bond acceptors (Lipinski definition) is 2. The zero-order valence-corrected chi connectivity index (χ0v) is 10.5. The van der Waals surface area contributed by atoms with Gasteiger partial charge in [-0.3, -0.25) is 4.79 Å².